The fourth-order valence-electron chi connectivity index (χ4n) is 1.46. The minimum absolute atomic E-state index is 0.0730. The maximum atomic E-state index is 11.7. The van der Waals surface area contributed by atoms with Crippen LogP contribution in [0.25, 0.3) is 0 Å². The van der Waals surface area contributed by atoms with Crippen LogP contribution in [0.15, 0.2) is 24.3 Å². The van der Waals surface area contributed by atoms with Crippen molar-refractivity contribution in [3.8, 4) is 0 Å². The van der Waals surface area contributed by atoms with Crippen LogP contribution in [0.5, 0.6) is 0 Å². The number of para-hydroxylation sites is 1. The van der Waals surface area contributed by atoms with Gasteiger partial charge in [-0.1, -0.05) is 19.1 Å². The van der Waals surface area contributed by atoms with E-state index in [-0.39, 0.29) is 11.5 Å². The second-order valence-electron chi connectivity index (χ2n) is 3.53. The SMILES string of the molecule is CCCC(=O)N(C)c1ccccc1C(=O)O. The van der Waals surface area contributed by atoms with Crippen molar-refractivity contribution < 1.29 is 14.7 Å². The molecule has 0 fully saturated rings. The van der Waals surface area contributed by atoms with Crippen LogP contribution in [0.1, 0.15) is 30.1 Å². The van der Waals surface area contributed by atoms with E-state index in [2.05, 4.69) is 0 Å². The first kappa shape index (κ1) is 12.2. The van der Waals surface area contributed by atoms with E-state index < -0.39 is 5.97 Å². The Hall–Kier alpha value is -1.84. The second kappa shape index (κ2) is 5.30. The van der Waals surface area contributed by atoms with E-state index in [9.17, 15) is 9.59 Å². The number of anilines is 1. The van der Waals surface area contributed by atoms with Gasteiger partial charge in [0.05, 0.1) is 11.3 Å². The third-order valence-electron chi connectivity index (χ3n) is 2.33. The van der Waals surface area contributed by atoms with E-state index in [4.69, 9.17) is 5.11 Å². The molecule has 0 aliphatic carbocycles. The molecule has 0 aliphatic rings. The summed E-state index contributed by atoms with van der Waals surface area (Å²) in [7, 11) is 1.60. The third kappa shape index (κ3) is 2.59. The average molecular weight is 221 g/mol. The standard InChI is InChI=1S/C12H15NO3/c1-3-6-11(14)13(2)10-8-5-4-7-9(10)12(15)16/h4-5,7-8H,3,6H2,1-2H3,(H,15,16). The molecular formula is C12H15NO3. The summed E-state index contributed by atoms with van der Waals surface area (Å²) in [5, 5.41) is 8.99. The molecule has 0 aliphatic heterocycles. The largest absolute Gasteiger partial charge is 0.478 e. The lowest BCUT2D eigenvalue weighted by atomic mass is 10.1. The number of carbonyl (C=O) groups excluding carboxylic acids is 1. The molecule has 16 heavy (non-hydrogen) atoms. The molecule has 0 radical (unpaired) electrons. The van der Waals surface area contributed by atoms with Crippen molar-refractivity contribution in [1.29, 1.82) is 0 Å². The highest BCUT2D eigenvalue weighted by Gasteiger charge is 2.16. The van der Waals surface area contributed by atoms with Crippen LogP contribution in [0.3, 0.4) is 0 Å². The number of nitrogens with zero attached hydrogens (tertiary/aromatic N) is 1. The lowest BCUT2D eigenvalue weighted by Crippen LogP contribution is -2.27. The Labute approximate surface area is 94.5 Å². The summed E-state index contributed by atoms with van der Waals surface area (Å²) in [4.78, 5) is 24.0. The number of hydrogen-bond acceptors (Lipinski definition) is 2. The molecule has 0 unspecified atom stereocenters. The Morgan fingerprint density at radius 2 is 1.94 bits per heavy atom. The Morgan fingerprint density at radius 3 is 2.50 bits per heavy atom. The van der Waals surface area contributed by atoms with Crippen molar-refractivity contribution in [2.45, 2.75) is 19.8 Å². The van der Waals surface area contributed by atoms with Gasteiger partial charge in [0.15, 0.2) is 0 Å². The Morgan fingerprint density at radius 1 is 1.31 bits per heavy atom. The van der Waals surface area contributed by atoms with Crippen LogP contribution in [0.2, 0.25) is 0 Å². The number of hydrogen-bond donors (Lipinski definition) is 1. The minimum atomic E-state index is -1.02. The molecule has 1 rings (SSSR count). The van der Waals surface area contributed by atoms with Gasteiger partial charge >= 0.3 is 5.97 Å². The lowest BCUT2D eigenvalue weighted by molar-refractivity contribution is -0.118. The second-order valence-corrected chi connectivity index (χ2v) is 3.53. The van der Waals surface area contributed by atoms with Crippen molar-refractivity contribution >= 4 is 17.6 Å². The highest BCUT2D eigenvalue weighted by Crippen LogP contribution is 2.19. The molecule has 0 saturated carbocycles. The molecule has 0 heterocycles. The van der Waals surface area contributed by atoms with Crippen molar-refractivity contribution in [2.75, 3.05) is 11.9 Å². The van der Waals surface area contributed by atoms with Crippen molar-refractivity contribution in [3.63, 3.8) is 0 Å². The van der Waals surface area contributed by atoms with Crippen LogP contribution in [-0.2, 0) is 4.79 Å². The fraction of sp³-hybridized carbons (Fsp3) is 0.333. The third-order valence-corrected chi connectivity index (χ3v) is 2.33. The summed E-state index contributed by atoms with van der Waals surface area (Å²) in [5.41, 5.74) is 0.586. The van der Waals surface area contributed by atoms with Crippen molar-refractivity contribution in [3.05, 3.63) is 29.8 Å². The van der Waals surface area contributed by atoms with E-state index in [1.807, 2.05) is 6.92 Å². The first-order valence-corrected chi connectivity index (χ1v) is 5.16. The molecule has 1 aromatic carbocycles. The van der Waals surface area contributed by atoms with Gasteiger partial charge in [-0.2, -0.15) is 0 Å². The number of amides is 1. The summed E-state index contributed by atoms with van der Waals surface area (Å²) < 4.78 is 0. The summed E-state index contributed by atoms with van der Waals surface area (Å²) in [5.74, 6) is -1.09. The summed E-state index contributed by atoms with van der Waals surface area (Å²) in [6.07, 6.45) is 1.17. The van der Waals surface area contributed by atoms with Gasteiger partial charge in [-0.25, -0.2) is 4.79 Å². The zero-order valence-electron chi connectivity index (χ0n) is 9.43. The van der Waals surface area contributed by atoms with E-state index >= 15 is 0 Å². The number of carboxylic acid groups (broad SMARTS) is 1. The predicted octanol–water partition coefficient (Wildman–Crippen LogP) is 2.15. The van der Waals surface area contributed by atoms with Gasteiger partial charge in [0, 0.05) is 13.5 Å². The molecule has 86 valence electrons. The summed E-state index contributed by atoms with van der Waals surface area (Å²) in [6.45, 7) is 1.91. The fourth-order valence-corrected chi connectivity index (χ4v) is 1.46. The molecule has 0 spiro atoms. The molecule has 0 saturated heterocycles. The first-order chi connectivity index (χ1) is 7.57. The number of carbonyl (C=O) groups is 2. The zero-order chi connectivity index (χ0) is 12.1. The maximum absolute atomic E-state index is 11.7. The van der Waals surface area contributed by atoms with Gasteiger partial charge < -0.3 is 10.0 Å². The molecule has 1 N–H and O–H groups in total. The molecule has 4 heteroatoms. The van der Waals surface area contributed by atoms with Crippen molar-refractivity contribution in [1.82, 2.24) is 0 Å². The van der Waals surface area contributed by atoms with Crippen LogP contribution < -0.4 is 4.90 Å². The number of benzene rings is 1. The van der Waals surface area contributed by atoms with E-state index in [1.54, 1.807) is 25.2 Å². The van der Waals surface area contributed by atoms with Crippen LogP contribution in [-0.4, -0.2) is 24.0 Å². The Bertz CT molecular complexity index is 401. The molecular weight excluding hydrogens is 206 g/mol. The smallest absolute Gasteiger partial charge is 0.337 e. The van der Waals surface area contributed by atoms with Crippen LogP contribution in [0.4, 0.5) is 5.69 Å². The van der Waals surface area contributed by atoms with Gasteiger partial charge in [0.2, 0.25) is 5.91 Å². The monoisotopic (exact) mass is 221 g/mol. The summed E-state index contributed by atoms with van der Waals surface area (Å²) >= 11 is 0. The maximum Gasteiger partial charge on any atom is 0.337 e. The Kier molecular flexibility index (Phi) is 4.05. The lowest BCUT2D eigenvalue weighted by Gasteiger charge is -2.18. The molecule has 1 amide bonds. The van der Waals surface area contributed by atoms with E-state index in [0.29, 0.717) is 12.1 Å². The van der Waals surface area contributed by atoms with Crippen LogP contribution >= 0.6 is 0 Å². The molecule has 0 aromatic heterocycles. The number of carboxylic acids is 1. The normalized spacial score (nSPS) is 9.88. The highest BCUT2D eigenvalue weighted by atomic mass is 16.4. The van der Waals surface area contributed by atoms with Gasteiger partial charge in [-0.05, 0) is 18.6 Å². The number of aromatic carboxylic acids is 1. The minimum Gasteiger partial charge on any atom is -0.478 e. The van der Waals surface area contributed by atoms with E-state index in [0.717, 1.165) is 6.42 Å². The highest BCUT2D eigenvalue weighted by molar-refractivity contribution is 6.01. The average Bonchev–Trinajstić information content (AvgIpc) is 2.28. The topological polar surface area (TPSA) is 57.6 Å². The molecule has 1 aromatic rings. The first-order valence-electron chi connectivity index (χ1n) is 5.16. The van der Waals surface area contributed by atoms with Gasteiger partial charge in [0.1, 0.15) is 0 Å². The van der Waals surface area contributed by atoms with Gasteiger partial charge in [-0.15, -0.1) is 0 Å². The van der Waals surface area contributed by atoms with Crippen LogP contribution in [0, 0.1) is 0 Å². The summed E-state index contributed by atoms with van der Waals surface area (Å²) in [6, 6.07) is 6.49. The predicted molar refractivity (Wildman–Crippen MR) is 61.7 cm³/mol. The van der Waals surface area contributed by atoms with Gasteiger partial charge in [0.25, 0.3) is 0 Å². The molecule has 4 nitrogen and oxygen atoms in total. The molecule has 0 atom stereocenters. The number of rotatable bonds is 4. The quantitative estimate of drug-likeness (QED) is 0.847. The molecule has 0 bridgehead atoms. The van der Waals surface area contributed by atoms with Crippen molar-refractivity contribution in [2.24, 2.45) is 0 Å². The van der Waals surface area contributed by atoms with Gasteiger partial charge in [-0.3, -0.25) is 4.79 Å². The zero-order valence-corrected chi connectivity index (χ0v) is 9.43. The Balaban J connectivity index is 3.03. The van der Waals surface area contributed by atoms with E-state index in [1.165, 1.54) is 11.0 Å².